The van der Waals surface area contributed by atoms with Crippen LogP contribution in [0, 0.1) is 41.5 Å². The third-order valence-corrected chi connectivity index (χ3v) is 25.7. The van der Waals surface area contributed by atoms with E-state index >= 15 is 0 Å². The van der Waals surface area contributed by atoms with Gasteiger partial charge in [-0.2, -0.15) is 19.9 Å². The number of aromatic nitrogens is 18. The molecule has 0 radical (unpaired) electrons. The highest BCUT2D eigenvalue weighted by Gasteiger charge is 2.29. The molecule has 144 heavy (non-hydrogen) atoms. The van der Waals surface area contributed by atoms with E-state index in [1.54, 1.807) is 12.1 Å². The molecule has 0 unspecified atom stereocenters. The van der Waals surface area contributed by atoms with Crippen molar-refractivity contribution in [1.82, 2.24) is 88.0 Å². The zero-order chi connectivity index (χ0) is 102. The first-order valence-electron chi connectivity index (χ1n) is 48.8. The van der Waals surface area contributed by atoms with E-state index < -0.39 is 51.0 Å². The number of carbonyl (C=O) groups excluding carboxylic acids is 1. The Morgan fingerprint density at radius 1 is 0.333 bits per heavy atom. The van der Waals surface area contributed by atoms with Crippen molar-refractivity contribution in [2.75, 3.05) is 18.6 Å². The highest BCUT2D eigenvalue weighted by atomic mass is 16.5. The topological polar surface area (TPSA) is 410 Å². The molecule has 732 valence electrons. The zero-order valence-corrected chi connectivity index (χ0v) is 82.7. The number of aryl methyl sites for hydroxylation is 19. The highest BCUT2D eigenvalue weighted by molar-refractivity contribution is 5.95. The third-order valence-electron chi connectivity index (χ3n) is 25.7. The van der Waals surface area contributed by atoms with Crippen molar-refractivity contribution in [3.63, 3.8) is 0 Å². The molecule has 0 amide bonds. The zero-order valence-electron chi connectivity index (χ0n) is 82.7. The normalized spacial score (nSPS) is 11.5. The molecule has 0 fully saturated rings. The molecule has 0 spiro atoms. The average Bonchev–Trinajstić information content (AvgIpc) is 0.654. The van der Waals surface area contributed by atoms with Crippen LogP contribution in [-0.2, 0) is 88.7 Å². The Hall–Kier alpha value is -16.9. The summed E-state index contributed by atoms with van der Waals surface area (Å²) in [4.78, 5) is 178. The Kier molecular flexibility index (Phi) is 31.4. The van der Waals surface area contributed by atoms with Gasteiger partial charge in [0.25, 0.3) is 27.8 Å². The van der Waals surface area contributed by atoms with Crippen molar-refractivity contribution in [1.29, 1.82) is 0 Å². The number of fused-ring (bicyclic) bond motifs is 10. The van der Waals surface area contributed by atoms with E-state index in [1.165, 1.54) is 73.9 Å². The van der Waals surface area contributed by atoms with Crippen LogP contribution in [0.1, 0.15) is 160 Å². The summed E-state index contributed by atoms with van der Waals surface area (Å²) in [5, 5.41) is 0.250. The number of hydrogen-bond acceptors (Lipinski definition) is 22. The molecule has 0 aliphatic carbocycles. The predicted molar refractivity (Wildman–Crippen MR) is 564 cm³/mol. The number of ether oxygens (including phenoxy) is 1. The van der Waals surface area contributed by atoms with Crippen molar-refractivity contribution in [3.8, 4) is 46.1 Å². The summed E-state index contributed by atoms with van der Waals surface area (Å²) in [7, 11) is 1.36. The molecule has 9 aliphatic rings. The lowest BCUT2D eigenvalue weighted by Gasteiger charge is -2.28. The Balaban J connectivity index is 0.000000129. The smallest absolute Gasteiger partial charge is 0.349 e. The molecule has 11 aromatic rings. The molecule has 9 aliphatic heterocycles. The first-order chi connectivity index (χ1) is 69.6. The van der Waals surface area contributed by atoms with Crippen LogP contribution in [0.25, 0.3) is 96.8 Å². The lowest BCUT2D eigenvalue weighted by atomic mass is 10.0. The average molecular weight is 1930 g/mol. The fourth-order valence-corrected chi connectivity index (χ4v) is 18.4. The first-order valence-corrected chi connectivity index (χ1v) is 48.8. The van der Waals surface area contributed by atoms with E-state index in [1.807, 2.05) is 90.8 Å². The van der Waals surface area contributed by atoms with Gasteiger partial charge >= 0.3 is 28.7 Å². The molecule has 0 saturated carbocycles. The van der Waals surface area contributed by atoms with Gasteiger partial charge in [0.15, 0.2) is 57.2 Å². The Morgan fingerprint density at radius 2 is 0.708 bits per heavy atom. The maximum absolute atomic E-state index is 12.5. The molecule has 1 aromatic heterocycles. The number of H-pyrrole nitrogens is 5. The Morgan fingerprint density at radius 3 is 1.12 bits per heavy atom. The number of hydrogen-bond donors (Lipinski definition) is 5. The largest absolute Gasteiger partial charge is 0.465 e. The van der Waals surface area contributed by atoms with Crippen LogP contribution in [0.15, 0.2) is 254 Å². The number of rotatable bonds is 26. The van der Waals surface area contributed by atoms with Crippen molar-refractivity contribution in [2.45, 2.75) is 192 Å². The second-order valence-corrected chi connectivity index (χ2v) is 36.3. The van der Waals surface area contributed by atoms with Gasteiger partial charge in [-0.25, -0.2) is 53.9 Å². The molecule has 10 heterocycles. The predicted octanol–water partition coefficient (Wildman–Crippen LogP) is 15.4. The number of esters is 1. The van der Waals surface area contributed by atoms with E-state index in [2.05, 4.69) is 277 Å². The standard InChI is InChI=1S/C23H22N4O3.2C23H24N4O2.2C22H22N4O2/c1-14-12-18-19(13-17(14)23(29)30-3)27(11-7-10-16-8-5-4-6-9-16)21-20(26-18)22(28)25-15(2)24-21;1-4-17-13-18-19(12-15(17)3)27(11-5-6-16-9-7-14(2)8-10-16)21-20(24-18)22(28)26-23(29)25-21;1-3-5-17-11-12-19-18(14-17)24-20-21(25-23(29)26-22(20)28)27(19)13-4-6-16-9-7-15(2)8-10-16;2*1-3-15-9-10-18-17(13-15)23-19-20(24-22(28)25-21(19)27)26(18)11-5-8-16-7-4-6-14(2)12-16/h4-6,8-9,12-13H,2,7,10-11H2,1,3H3,(H,25,28);7-10,12-13H,4-6,11H2,1-3H3,(H,26,28,29);7-12,14H,3-6,13H2,1-2H3,(H,26,28,29);2*4,6-7,9-10,12-13H,3,5,8,11H2,1-2H3,(H,25,27,28). The first kappa shape index (κ1) is 100. The summed E-state index contributed by atoms with van der Waals surface area (Å²) in [6.07, 6.45) is 13.4. The molecule has 31 heteroatoms. The number of aromatic amines is 5. The summed E-state index contributed by atoms with van der Waals surface area (Å²) in [6, 6.07) is 70.0. The molecule has 0 atom stereocenters. The van der Waals surface area contributed by atoms with Gasteiger partial charge < -0.3 is 32.9 Å². The molecule has 0 bridgehead atoms. The third kappa shape index (κ3) is 23.4. The maximum Gasteiger partial charge on any atom is 0.349 e. The van der Waals surface area contributed by atoms with Gasteiger partial charge in [0.2, 0.25) is 0 Å². The molecule has 10 aromatic carbocycles. The minimum Gasteiger partial charge on any atom is -0.465 e. The second kappa shape index (κ2) is 45.2. The second-order valence-electron chi connectivity index (χ2n) is 36.3. The molecular weight excluding hydrogens is 1810 g/mol. The number of carbonyl (C=O) groups is 1. The van der Waals surface area contributed by atoms with Crippen molar-refractivity contribution >= 4 is 73.9 Å². The Bertz CT molecular complexity index is 8380. The van der Waals surface area contributed by atoms with E-state index in [0.29, 0.717) is 73.1 Å². The van der Waals surface area contributed by atoms with Crippen LogP contribution >= 0.6 is 0 Å². The van der Waals surface area contributed by atoms with Crippen LogP contribution in [0.2, 0.25) is 0 Å². The molecule has 0 saturated heterocycles. The van der Waals surface area contributed by atoms with Gasteiger partial charge in [0.1, 0.15) is 5.48 Å². The van der Waals surface area contributed by atoms with E-state index in [9.17, 15) is 47.9 Å². The highest BCUT2D eigenvalue weighted by Crippen LogP contribution is 2.38. The number of anilines is 2. The number of methoxy groups -OCH3 is 1. The lowest BCUT2D eigenvalue weighted by Crippen LogP contribution is -2.42. The summed E-state index contributed by atoms with van der Waals surface area (Å²) < 4.78 is 12.7. The van der Waals surface area contributed by atoms with Crippen LogP contribution in [0.4, 0.5) is 17.2 Å². The van der Waals surface area contributed by atoms with Crippen molar-refractivity contribution < 1.29 is 9.53 Å². The van der Waals surface area contributed by atoms with E-state index in [-0.39, 0.29) is 39.2 Å². The van der Waals surface area contributed by atoms with Crippen LogP contribution in [0.3, 0.4) is 0 Å². The summed E-state index contributed by atoms with van der Waals surface area (Å²) in [5.41, 5.74) is 22.4. The molecular formula is C113H114N20O11. The van der Waals surface area contributed by atoms with E-state index in [4.69, 9.17) is 4.74 Å². The maximum atomic E-state index is 12.5. The van der Waals surface area contributed by atoms with Crippen LogP contribution in [-0.4, -0.2) is 108 Å². The number of benzene rings is 10. The van der Waals surface area contributed by atoms with Gasteiger partial charge in [0.05, 0.1) is 68.2 Å². The monoisotopic (exact) mass is 1930 g/mol. The lowest BCUT2D eigenvalue weighted by molar-refractivity contribution is 0.0599. The number of nitrogens with zero attached hydrogens (tertiary/aromatic N) is 15. The SMILES string of the molecule is C=c1nc2c(c(=O)[nH]1)=Nc1cc(C)c(C(=O)OC)cc1N2CCCc1ccccc1.CCCc1ccc2c(c1)nc1c(=O)[nH]c(=O)nc-1n2CCCc1ccc(C)cc1.CCc1cc2nc3c(=O)[nH]c(=O)nc-3n(CCCc3ccc(C)cc3)c2cc1C.CCc1ccc2c(c1)nc1c(=O)[nH]c(=O)nc-1n2CCCc1cccc(C)c1.CCc1ccc2c(c1)nc1c(=O)[nH]c(=O)nc-1n2CCCc1cccc(C)c1. The molecule has 20 rings (SSSR count). The molecule has 5 N–H and O–H groups in total. The van der Waals surface area contributed by atoms with Crippen LogP contribution < -0.4 is 66.3 Å². The van der Waals surface area contributed by atoms with Crippen molar-refractivity contribution in [3.05, 3.63) is 400 Å². The van der Waals surface area contributed by atoms with Gasteiger partial charge in [0, 0.05) is 32.7 Å². The van der Waals surface area contributed by atoms with Gasteiger partial charge in [-0.15, -0.1) is 0 Å². The Labute approximate surface area is 827 Å². The summed E-state index contributed by atoms with van der Waals surface area (Å²) in [5.74, 6) is 1.41. The van der Waals surface area contributed by atoms with Gasteiger partial charge in [-0.05, 0) is 253 Å². The quantitative estimate of drug-likeness (QED) is 0.0248. The fourth-order valence-electron chi connectivity index (χ4n) is 18.4. The van der Waals surface area contributed by atoms with E-state index in [0.717, 1.165) is 163 Å². The van der Waals surface area contributed by atoms with Gasteiger partial charge in [-0.1, -0.05) is 209 Å². The minimum absolute atomic E-state index is 0.205. The van der Waals surface area contributed by atoms with Crippen LogP contribution in [0.5, 0.6) is 0 Å². The summed E-state index contributed by atoms with van der Waals surface area (Å²) >= 11 is 0. The minimum atomic E-state index is -0.642. The van der Waals surface area contributed by atoms with Gasteiger partial charge in [-0.3, -0.25) is 43.9 Å². The van der Waals surface area contributed by atoms with Crippen molar-refractivity contribution in [2.24, 2.45) is 4.99 Å². The molecule has 31 nitrogen and oxygen atoms in total. The number of nitrogens with one attached hydrogen (secondary N) is 5. The fraction of sp³-hybridized carbons (Fsp3) is 0.274. The summed E-state index contributed by atoms with van der Waals surface area (Å²) in [6.45, 7) is 27.5.